The molecule has 1 atom stereocenters. The van der Waals surface area contributed by atoms with Crippen LogP contribution >= 0.6 is 11.6 Å². The standard InChI is InChI=1S/C21H22ClNO2/c22-19-10-8-17(9-11-19)20(24)13-21(25)18-7-4-12-23(15-18)14-16-5-2-1-3-6-16/h1-3,5-6,8-11,13,18,24H,4,7,12,14-15H2/b20-13+. The zero-order chi connectivity index (χ0) is 17.6. The number of ketones is 1. The number of hydrogen-bond acceptors (Lipinski definition) is 3. The van der Waals surface area contributed by atoms with Gasteiger partial charge in [0.15, 0.2) is 5.78 Å². The fraction of sp³-hybridized carbons (Fsp3) is 0.286. The van der Waals surface area contributed by atoms with Gasteiger partial charge in [0, 0.05) is 35.7 Å². The summed E-state index contributed by atoms with van der Waals surface area (Å²) in [6.45, 7) is 2.60. The van der Waals surface area contributed by atoms with Crippen LogP contribution in [0.15, 0.2) is 60.7 Å². The van der Waals surface area contributed by atoms with E-state index in [0.717, 1.165) is 32.5 Å². The van der Waals surface area contributed by atoms with Crippen LogP contribution in [0.3, 0.4) is 0 Å². The van der Waals surface area contributed by atoms with E-state index < -0.39 is 0 Å². The molecule has 2 aromatic rings. The number of carbonyl (C=O) groups is 1. The van der Waals surface area contributed by atoms with Crippen molar-refractivity contribution in [2.75, 3.05) is 13.1 Å². The third kappa shape index (κ3) is 4.94. The molecule has 0 bridgehead atoms. The van der Waals surface area contributed by atoms with Crippen LogP contribution in [0.1, 0.15) is 24.0 Å². The summed E-state index contributed by atoms with van der Waals surface area (Å²) in [5.41, 5.74) is 1.87. The van der Waals surface area contributed by atoms with Gasteiger partial charge in [-0.2, -0.15) is 0 Å². The van der Waals surface area contributed by atoms with Crippen LogP contribution in [0.2, 0.25) is 5.02 Å². The number of hydrogen-bond donors (Lipinski definition) is 1. The van der Waals surface area contributed by atoms with E-state index in [1.807, 2.05) is 18.2 Å². The van der Waals surface area contributed by atoms with Gasteiger partial charge in [0.05, 0.1) is 0 Å². The van der Waals surface area contributed by atoms with Crippen molar-refractivity contribution < 1.29 is 9.90 Å². The normalized spacial score (nSPS) is 18.9. The number of aliphatic hydroxyl groups excluding tert-OH is 1. The van der Waals surface area contributed by atoms with Crippen molar-refractivity contribution in [2.24, 2.45) is 5.92 Å². The Morgan fingerprint density at radius 3 is 2.60 bits per heavy atom. The molecule has 1 aliphatic heterocycles. The molecule has 130 valence electrons. The third-order valence-corrected chi connectivity index (χ3v) is 4.83. The first-order valence-electron chi connectivity index (χ1n) is 8.58. The van der Waals surface area contributed by atoms with Gasteiger partial charge in [-0.05, 0) is 49.2 Å². The van der Waals surface area contributed by atoms with Crippen LogP contribution in [0.5, 0.6) is 0 Å². The highest BCUT2D eigenvalue weighted by Gasteiger charge is 2.25. The Morgan fingerprint density at radius 2 is 1.88 bits per heavy atom. The summed E-state index contributed by atoms with van der Waals surface area (Å²) in [5, 5.41) is 10.8. The van der Waals surface area contributed by atoms with Crippen LogP contribution in [-0.2, 0) is 11.3 Å². The molecule has 1 saturated heterocycles. The highest BCUT2D eigenvalue weighted by Crippen LogP contribution is 2.22. The third-order valence-electron chi connectivity index (χ3n) is 4.58. The summed E-state index contributed by atoms with van der Waals surface area (Å²) in [5.74, 6) is -0.0704. The SMILES string of the molecule is O=C(/C=C(/O)c1ccc(Cl)cc1)C1CCCN(Cc2ccccc2)C1. The number of benzene rings is 2. The van der Waals surface area contributed by atoms with Crippen molar-refractivity contribution in [1.29, 1.82) is 0 Å². The highest BCUT2D eigenvalue weighted by molar-refractivity contribution is 6.30. The molecule has 4 heteroatoms. The molecule has 0 saturated carbocycles. The monoisotopic (exact) mass is 355 g/mol. The average Bonchev–Trinajstić information content (AvgIpc) is 2.63. The lowest BCUT2D eigenvalue weighted by molar-refractivity contribution is -0.119. The molecule has 3 rings (SSSR count). The molecule has 1 unspecified atom stereocenters. The summed E-state index contributed by atoms with van der Waals surface area (Å²) in [7, 11) is 0. The van der Waals surface area contributed by atoms with Crippen molar-refractivity contribution in [3.8, 4) is 0 Å². The number of piperidine rings is 1. The second-order valence-corrected chi connectivity index (χ2v) is 6.94. The number of nitrogens with zero attached hydrogens (tertiary/aromatic N) is 1. The average molecular weight is 356 g/mol. The van der Waals surface area contributed by atoms with Crippen molar-refractivity contribution in [3.05, 3.63) is 76.8 Å². The molecule has 0 spiro atoms. The number of rotatable bonds is 5. The zero-order valence-electron chi connectivity index (χ0n) is 14.1. The summed E-state index contributed by atoms with van der Waals surface area (Å²) >= 11 is 5.85. The Bertz CT molecular complexity index is 740. The number of allylic oxidation sites excluding steroid dienone is 1. The van der Waals surface area contributed by atoms with Gasteiger partial charge >= 0.3 is 0 Å². The number of halogens is 1. The van der Waals surface area contributed by atoms with Crippen LogP contribution in [0.25, 0.3) is 5.76 Å². The quantitative estimate of drug-likeness (QED) is 0.623. The smallest absolute Gasteiger partial charge is 0.163 e. The molecule has 2 aromatic carbocycles. The van der Waals surface area contributed by atoms with Gasteiger partial charge in [0.2, 0.25) is 0 Å². The number of aliphatic hydroxyl groups is 1. The lowest BCUT2D eigenvalue weighted by Crippen LogP contribution is -2.37. The molecular weight excluding hydrogens is 334 g/mol. The predicted molar refractivity (Wildman–Crippen MR) is 102 cm³/mol. The Kier molecular flexibility index (Phi) is 5.90. The fourth-order valence-electron chi connectivity index (χ4n) is 3.23. The van der Waals surface area contributed by atoms with Gasteiger partial charge in [0.25, 0.3) is 0 Å². The van der Waals surface area contributed by atoms with Gasteiger partial charge in [-0.1, -0.05) is 41.9 Å². The van der Waals surface area contributed by atoms with Crippen LogP contribution < -0.4 is 0 Å². The lowest BCUT2D eigenvalue weighted by atomic mass is 9.92. The molecule has 1 N–H and O–H groups in total. The fourth-order valence-corrected chi connectivity index (χ4v) is 3.36. The second kappa shape index (κ2) is 8.32. The largest absolute Gasteiger partial charge is 0.507 e. The van der Waals surface area contributed by atoms with Gasteiger partial charge in [-0.3, -0.25) is 9.69 Å². The number of carbonyl (C=O) groups excluding carboxylic acids is 1. The molecule has 1 heterocycles. The van der Waals surface area contributed by atoms with E-state index in [0.29, 0.717) is 10.6 Å². The van der Waals surface area contributed by atoms with E-state index in [1.54, 1.807) is 24.3 Å². The summed E-state index contributed by atoms with van der Waals surface area (Å²) in [6.07, 6.45) is 3.23. The van der Waals surface area contributed by atoms with Crippen molar-refractivity contribution in [3.63, 3.8) is 0 Å². The highest BCUT2D eigenvalue weighted by atomic mass is 35.5. The Hall–Kier alpha value is -2.10. The predicted octanol–water partition coefficient (Wildman–Crippen LogP) is 4.72. The van der Waals surface area contributed by atoms with Crippen LogP contribution in [0, 0.1) is 5.92 Å². The Morgan fingerprint density at radius 1 is 1.16 bits per heavy atom. The minimum atomic E-state index is -0.0630. The van der Waals surface area contributed by atoms with Crippen molar-refractivity contribution in [1.82, 2.24) is 4.90 Å². The summed E-state index contributed by atoms with van der Waals surface area (Å²) in [6, 6.07) is 17.1. The minimum Gasteiger partial charge on any atom is -0.507 e. The maximum absolute atomic E-state index is 12.6. The molecule has 25 heavy (non-hydrogen) atoms. The molecule has 0 amide bonds. The van der Waals surface area contributed by atoms with Gasteiger partial charge in [0.1, 0.15) is 5.76 Å². The maximum atomic E-state index is 12.6. The maximum Gasteiger partial charge on any atom is 0.163 e. The Labute approximate surface area is 153 Å². The molecule has 0 radical (unpaired) electrons. The summed E-state index contributed by atoms with van der Waals surface area (Å²) < 4.78 is 0. The first-order valence-corrected chi connectivity index (χ1v) is 8.96. The van der Waals surface area contributed by atoms with Gasteiger partial charge in [-0.15, -0.1) is 0 Å². The first kappa shape index (κ1) is 17.7. The molecule has 1 fully saturated rings. The lowest BCUT2D eigenvalue weighted by Gasteiger charge is -2.31. The first-order chi connectivity index (χ1) is 12.1. The van der Waals surface area contributed by atoms with E-state index >= 15 is 0 Å². The van der Waals surface area contributed by atoms with E-state index in [4.69, 9.17) is 11.6 Å². The number of likely N-dealkylation sites (tertiary alicyclic amines) is 1. The minimum absolute atomic E-state index is 0.00171. The van der Waals surface area contributed by atoms with Gasteiger partial charge < -0.3 is 5.11 Å². The Balaban J connectivity index is 1.63. The summed E-state index contributed by atoms with van der Waals surface area (Å²) in [4.78, 5) is 14.9. The topological polar surface area (TPSA) is 40.5 Å². The van der Waals surface area contributed by atoms with Gasteiger partial charge in [-0.25, -0.2) is 0 Å². The molecule has 0 aliphatic carbocycles. The second-order valence-electron chi connectivity index (χ2n) is 6.50. The van der Waals surface area contributed by atoms with Crippen molar-refractivity contribution in [2.45, 2.75) is 19.4 Å². The molecular formula is C21H22ClNO2. The molecule has 0 aromatic heterocycles. The molecule has 3 nitrogen and oxygen atoms in total. The van der Waals surface area contributed by atoms with Crippen LogP contribution in [0.4, 0.5) is 0 Å². The zero-order valence-corrected chi connectivity index (χ0v) is 14.8. The van der Waals surface area contributed by atoms with E-state index in [2.05, 4.69) is 17.0 Å². The van der Waals surface area contributed by atoms with Crippen molar-refractivity contribution >= 4 is 23.1 Å². The van der Waals surface area contributed by atoms with E-state index in [1.165, 1.54) is 11.6 Å². The van der Waals surface area contributed by atoms with E-state index in [9.17, 15) is 9.90 Å². The van der Waals surface area contributed by atoms with Crippen LogP contribution in [-0.4, -0.2) is 28.9 Å². The molecule has 1 aliphatic rings. The van der Waals surface area contributed by atoms with E-state index in [-0.39, 0.29) is 17.5 Å².